The van der Waals surface area contributed by atoms with Crippen molar-refractivity contribution in [1.82, 2.24) is 4.98 Å². The van der Waals surface area contributed by atoms with Crippen molar-refractivity contribution in [3.8, 4) is 5.75 Å². The number of aromatic nitrogens is 1. The molecule has 1 heterocycles. The molecule has 2 aromatic rings. The van der Waals surface area contributed by atoms with Crippen LogP contribution in [0.25, 0.3) is 10.9 Å². The molecule has 0 amide bonds. The van der Waals surface area contributed by atoms with Crippen molar-refractivity contribution in [3.05, 3.63) is 29.3 Å². The van der Waals surface area contributed by atoms with E-state index in [1.807, 2.05) is 6.07 Å². The van der Waals surface area contributed by atoms with Crippen molar-refractivity contribution < 1.29 is 4.74 Å². The number of pyridine rings is 1. The molecule has 0 saturated carbocycles. The normalized spacial score (nSPS) is 10.8. The van der Waals surface area contributed by atoms with Crippen molar-refractivity contribution in [2.24, 2.45) is 0 Å². The zero-order chi connectivity index (χ0) is 14.5. The van der Waals surface area contributed by atoms with Crippen LogP contribution < -0.4 is 10.1 Å². The van der Waals surface area contributed by atoms with Crippen molar-refractivity contribution in [1.29, 1.82) is 0 Å². The predicted octanol–water partition coefficient (Wildman–Crippen LogP) is 4.33. The Bertz CT molecular complexity index is 593. The number of methoxy groups -OCH3 is 1. The zero-order valence-electron chi connectivity index (χ0n) is 12.9. The molecule has 3 heteroatoms. The first-order valence-electron chi connectivity index (χ1n) is 7.41. The average Bonchev–Trinajstić information content (AvgIpc) is 2.45. The molecule has 0 aliphatic carbocycles. The average molecular weight is 272 g/mol. The molecule has 1 aromatic carbocycles. The Morgan fingerprint density at radius 3 is 2.60 bits per heavy atom. The van der Waals surface area contributed by atoms with Gasteiger partial charge in [0.05, 0.1) is 12.6 Å². The molecule has 3 nitrogen and oxygen atoms in total. The van der Waals surface area contributed by atoms with Gasteiger partial charge in [-0.1, -0.05) is 20.3 Å². The van der Waals surface area contributed by atoms with Crippen LogP contribution in [-0.2, 0) is 6.42 Å². The van der Waals surface area contributed by atoms with E-state index in [0.29, 0.717) is 0 Å². The maximum absolute atomic E-state index is 5.35. The molecule has 0 saturated heterocycles. The maximum Gasteiger partial charge on any atom is 0.129 e. The number of ether oxygens (including phenoxy) is 1. The van der Waals surface area contributed by atoms with Crippen LogP contribution in [0.5, 0.6) is 5.75 Å². The number of nitrogens with one attached hydrogen (secondary N) is 1. The molecule has 0 atom stereocenters. The Labute approximate surface area is 121 Å². The molecule has 2 rings (SSSR count). The molecule has 0 unspecified atom stereocenters. The van der Waals surface area contributed by atoms with Crippen LogP contribution in [0.1, 0.15) is 37.8 Å². The highest BCUT2D eigenvalue weighted by atomic mass is 16.5. The second-order valence-electron chi connectivity index (χ2n) is 5.19. The summed E-state index contributed by atoms with van der Waals surface area (Å²) in [6, 6.07) is 6.36. The summed E-state index contributed by atoms with van der Waals surface area (Å²) in [7, 11) is 1.71. The van der Waals surface area contributed by atoms with E-state index in [2.05, 4.69) is 38.2 Å². The molecule has 0 aliphatic rings. The van der Waals surface area contributed by atoms with E-state index in [4.69, 9.17) is 9.72 Å². The first-order valence-corrected chi connectivity index (χ1v) is 7.41. The molecule has 0 aliphatic heterocycles. The van der Waals surface area contributed by atoms with Gasteiger partial charge in [-0.2, -0.15) is 0 Å². The summed E-state index contributed by atoms with van der Waals surface area (Å²) in [6.07, 6.45) is 3.27. The monoisotopic (exact) mass is 272 g/mol. The standard InChI is InChI=1S/C17H24N2O/c1-5-7-13-10-14-11-15(20-4)9-12(3)16(14)19-17(13)18-8-6-2/h9-11H,5-8H2,1-4H3,(H,18,19). The summed E-state index contributed by atoms with van der Waals surface area (Å²) in [4.78, 5) is 4.84. The van der Waals surface area contributed by atoms with E-state index >= 15 is 0 Å². The lowest BCUT2D eigenvalue weighted by Gasteiger charge is -2.13. The van der Waals surface area contributed by atoms with Gasteiger partial charge >= 0.3 is 0 Å². The number of fused-ring (bicyclic) bond motifs is 1. The minimum absolute atomic E-state index is 0.897. The van der Waals surface area contributed by atoms with Crippen LogP contribution in [0.2, 0.25) is 0 Å². The summed E-state index contributed by atoms with van der Waals surface area (Å²) < 4.78 is 5.35. The fraction of sp³-hybridized carbons (Fsp3) is 0.471. The first kappa shape index (κ1) is 14.6. The number of hydrogen-bond acceptors (Lipinski definition) is 3. The lowest BCUT2D eigenvalue weighted by atomic mass is 10.0. The fourth-order valence-electron chi connectivity index (χ4n) is 2.45. The number of aryl methyl sites for hydroxylation is 2. The number of rotatable bonds is 6. The third-order valence-electron chi connectivity index (χ3n) is 3.46. The Morgan fingerprint density at radius 2 is 1.95 bits per heavy atom. The zero-order valence-corrected chi connectivity index (χ0v) is 12.9. The van der Waals surface area contributed by atoms with Gasteiger partial charge in [-0.25, -0.2) is 4.98 Å². The second-order valence-corrected chi connectivity index (χ2v) is 5.19. The minimum Gasteiger partial charge on any atom is -0.497 e. The van der Waals surface area contributed by atoms with Crippen LogP contribution in [0.4, 0.5) is 5.82 Å². The van der Waals surface area contributed by atoms with Crippen molar-refractivity contribution in [2.45, 2.75) is 40.0 Å². The van der Waals surface area contributed by atoms with E-state index < -0.39 is 0 Å². The number of nitrogens with zero attached hydrogens (tertiary/aromatic N) is 1. The summed E-state index contributed by atoms with van der Waals surface area (Å²) >= 11 is 0. The third kappa shape index (κ3) is 3.03. The highest BCUT2D eigenvalue weighted by Gasteiger charge is 2.09. The molecule has 0 spiro atoms. The van der Waals surface area contributed by atoms with Gasteiger partial charge in [-0.05, 0) is 49.1 Å². The van der Waals surface area contributed by atoms with Crippen LogP contribution in [0, 0.1) is 6.92 Å². The lowest BCUT2D eigenvalue weighted by molar-refractivity contribution is 0.415. The highest BCUT2D eigenvalue weighted by molar-refractivity contribution is 5.86. The van der Waals surface area contributed by atoms with Gasteiger partial charge < -0.3 is 10.1 Å². The smallest absolute Gasteiger partial charge is 0.129 e. The van der Waals surface area contributed by atoms with Gasteiger partial charge in [-0.15, -0.1) is 0 Å². The second kappa shape index (κ2) is 6.60. The van der Waals surface area contributed by atoms with Crippen molar-refractivity contribution in [3.63, 3.8) is 0 Å². The molecule has 0 bridgehead atoms. The van der Waals surface area contributed by atoms with Crippen molar-refractivity contribution >= 4 is 16.7 Å². The van der Waals surface area contributed by atoms with Crippen LogP contribution in [-0.4, -0.2) is 18.6 Å². The van der Waals surface area contributed by atoms with Crippen LogP contribution >= 0.6 is 0 Å². The molecule has 0 radical (unpaired) electrons. The topological polar surface area (TPSA) is 34.2 Å². The molecule has 0 fully saturated rings. The van der Waals surface area contributed by atoms with E-state index in [9.17, 15) is 0 Å². The lowest BCUT2D eigenvalue weighted by Crippen LogP contribution is -2.06. The summed E-state index contributed by atoms with van der Waals surface area (Å²) in [6.45, 7) is 7.42. The quantitative estimate of drug-likeness (QED) is 0.850. The Morgan fingerprint density at radius 1 is 1.15 bits per heavy atom. The fourth-order valence-corrected chi connectivity index (χ4v) is 2.45. The molecule has 1 N–H and O–H groups in total. The number of hydrogen-bond donors (Lipinski definition) is 1. The van der Waals surface area contributed by atoms with Gasteiger partial charge in [-0.3, -0.25) is 0 Å². The predicted molar refractivity (Wildman–Crippen MR) is 85.8 cm³/mol. The van der Waals surface area contributed by atoms with Gasteiger partial charge in [0.15, 0.2) is 0 Å². The van der Waals surface area contributed by atoms with Gasteiger partial charge in [0.1, 0.15) is 11.6 Å². The van der Waals surface area contributed by atoms with E-state index in [-0.39, 0.29) is 0 Å². The number of benzene rings is 1. The van der Waals surface area contributed by atoms with Crippen LogP contribution in [0.3, 0.4) is 0 Å². The summed E-state index contributed by atoms with van der Waals surface area (Å²) in [5.41, 5.74) is 3.51. The largest absolute Gasteiger partial charge is 0.497 e. The molecule has 1 aromatic heterocycles. The van der Waals surface area contributed by atoms with Crippen molar-refractivity contribution in [2.75, 3.05) is 19.0 Å². The molecular weight excluding hydrogens is 248 g/mol. The first-order chi connectivity index (χ1) is 9.69. The van der Waals surface area contributed by atoms with Gasteiger partial charge in [0.25, 0.3) is 0 Å². The third-order valence-corrected chi connectivity index (χ3v) is 3.46. The van der Waals surface area contributed by atoms with Gasteiger partial charge in [0, 0.05) is 11.9 Å². The SMILES string of the molecule is CCCNc1nc2c(C)cc(OC)cc2cc1CCC. The van der Waals surface area contributed by atoms with Gasteiger partial charge in [0.2, 0.25) is 0 Å². The Hall–Kier alpha value is -1.77. The van der Waals surface area contributed by atoms with E-state index in [0.717, 1.165) is 53.8 Å². The van der Waals surface area contributed by atoms with E-state index in [1.165, 1.54) is 5.56 Å². The minimum atomic E-state index is 0.897. The van der Waals surface area contributed by atoms with E-state index in [1.54, 1.807) is 7.11 Å². The summed E-state index contributed by atoms with van der Waals surface area (Å²) in [5.74, 6) is 1.93. The maximum atomic E-state index is 5.35. The molecule has 20 heavy (non-hydrogen) atoms. The molecular formula is C17H24N2O. The Kier molecular flexibility index (Phi) is 4.83. The number of anilines is 1. The highest BCUT2D eigenvalue weighted by Crippen LogP contribution is 2.28. The Balaban J connectivity index is 2.55. The summed E-state index contributed by atoms with van der Waals surface area (Å²) in [5, 5.41) is 4.61. The van der Waals surface area contributed by atoms with Crippen LogP contribution in [0.15, 0.2) is 18.2 Å². The molecule has 108 valence electrons.